The van der Waals surface area contributed by atoms with Gasteiger partial charge in [-0.05, 0) is 23.5 Å². The van der Waals surface area contributed by atoms with Crippen LogP contribution in [0.4, 0.5) is 0 Å². The summed E-state index contributed by atoms with van der Waals surface area (Å²) in [5, 5.41) is 0.606. The van der Waals surface area contributed by atoms with Crippen molar-refractivity contribution >= 4 is 22.2 Å². The predicted octanol–water partition coefficient (Wildman–Crippen LogP) is 3.01. The second-order valence-electron chi connectivity index (χ2n) is 2.73. The number of hydrogen-bond donors (Lipinski definition) is 0. The van der Waals surface area contributed by atoms with Crippen LogP contribution in [0.15, 0.2) is 33.9 Å². The van der Waals surface area contributed by atoms with E-state index in [0.717, 1.165) is 11.3 Å². The van der Waals surface area contributed by atoms with Crippen LogP contribution in [0.25, 0.3) is 10.9 Å². The summed E-state index contributed by atoms with van der Waals surface area (Å²) in [5.41, 5.74) is 0.691. The minimum atomic E-state index is -0.219. The third-order valence-corrected chi connectivity index (χ3v) is 2.79. The van der Waals surface area contributed by atoms with Crippen LogP contribution in [0.5, 0.6) is 0 Å². The Kier molecular flexibility index (Phi) is 7.14. The van der Waals surface area contributed by atoms with Gasteiger partial charge in [-0.3, -0.25) is 9.59 Å². The lowest BCUT2D eigenvalue weighted by molar-refractivity contribution is 0.931. The first-order chi connectivity index (χ1) is 8.20. The highest BCUT2D eigenvalue weighted by Crippen LogP contribution is 2.06. The highest BCUT2D eigenvalue weighted by molar-refractivity contribution is 7.07. The van der Waals surface area contributed by atoms with Crippen molar-refractivity contribution in [1.29, 1.82) is 0 Å². The lowest BCUT2D eigenvalue weighted by atomic mass is 10.2. The molecule has 0 bridgehead atoms. The summed E-state index contributed by atoms with van der Waals surface area (Å²) in [7, 11) is 1.67. The third-order valence-electron chi connectivity index (χ3n) is 1.94. The zero-order chi connectivity index (χ0) is 13.4. The van der Waals surface area contributed by atoms with Crippen LogP contribution >= 0.6 is 11.3 Å². The van der Waals surface area contributed by atoms with E-state index >= 15 is 0 Å². The number of nitrogens with zero attached hydrogens (tertiary/aromatic N) is 1. The smallest absolute Gasteiger partial charge is 0.302 e. The van der Waals surface area contributed by atoms with Gasteiger partial charge in [-0.25, -0.2) is 0 Å². The molecule has 0 radical (unpaired) electrons. The number of aryl methyl sites for hydroxylation is 1. The lowest BCUT2D eigenvalue weighted by Crippen LogP contribution is -2.18. The molecular formula is C13H19NO2S. The molecule has 4 heteroatoms. The molecule has 0 saturated carbocycles. The van der Waals surface area contributed by atoms with Gasteiger partial charge in [0.25, 0.3) is 0 Å². The van der Waals surface area contributed by atoms with Crippen molar-refractivity contribution < 1.29 is 0 Å². The Hall–Kier alpha value is -1.42. The Labute approximate surface area is 105 Å². The van der Waals surface area contributed by atoms with Crippen molar-refractivity contribution in [3.63, 3.8) is 0 Å². The number of hydrogen-bond acceptors (Lipinski definition) is 3. The Bertz CT molecular complexity index is 569. The Morgan fingerprint density at radius 3 is 2.12 bits per heavy atom. The molecule has 17 heavy (non-hydrogen) atoms. The molecule has 0 saturated heterocycles. The van der Waals surface area contributed by atoms with Crippen molar-refractivity contribution in [3.8, 4) is 0 Å². The second-order valence-corrected chi connectivity index (χ2v) is 3.66. The summed E-state index contributed by atoms with van der Waals surface area (Å²) in [4.78, 5) is 22.4. The Morgan fingerprint density at radius 2 is 1.53 bits per heavy atom. The van der Waals surface area contributed by atoms with E-state index in [1.807, 2.05) is 33.8 Å². The van der Waals surface area contributed by atoms with Gasteiger partial charge in [0, 0.05) is 7.05 Å². The zero-order valence-electron chi connectivity index (χ0n) is 11.0. The Balaban J connectivity index is 0.000000581. The van der Waals surface area contributed by atoms with Crippen molar-refractivity contribution in [3.05, 3.63) is 43.5 Å². The summed E-state index contributed by atoms with van der Waals surface area (Å²) in [6.45, 7) is 8.00. The molecule has 0 spiro atoms. The molecule has 3 nitrogen and oxygen atoms in total. The minimum Gasteiger partial charge on any atom is -0.302 e. The molecule has 0 atom stereocenters. The summed E-state index contributed by atoms with van der Waals surface area (Å²) in [6.07, 6.45) is 0. The molecule has 0 N–H and O–H groups in total. The van der Waals surface area contributed by atoms with E-state index in [1.54, 1.807) is 25.2 Å². The highest BCUT2D eigenvalue weighted by atomic mass is 32.1. The standard InChI is InChI=1S/C9H7NO2S.2C2H6/c1-10-7-5-3-2-4-6(7)8(11)13-9(10)12;2*1-2/h2-5H,1H3;2*1-2H3. The molecule has 94 valence electrons. The van der Waals surface area contributed by atoms with E-state index in [-0.39, 0.29) is 9.62 Å². The first-order valence-electron chi connectivity index (χ1n) is 5.79. The fraction of sp³-hybridized carbons (Fsp3) is 0.385. The Morgan fingerprint density at radius 1 is 1.00 bits per heavy atom. The summed E-state index contributed by atoms with van der Waals surface area (Å²) >= 11 is 0.740. The van der Waals surface area contributed by atoms with Crippen molar-refractivity contribution in [1.82, 2.24) is 4.57 Å². The molecule has 2 rings (SSSR count). The van der Waals surface area contributed by atoms with Gasteiger partial charge in [0.15, 0.2) is 0 Å². The zero-order valence-corrected chi connectivity index (χ0v) is 11.8. The maximum absolute atomic E-state index is 11.4. The molecule has 2 aromatic rings. The van der Waals surface area contributed by atoms with Crippen LogP contribution in [0.1, 0.15) is 27.7 Å². The fourth-order valence-corrected chi connectivity index (χ4v) is 1.92. The summed E-state index contributed by atoms with van der Waals surface area (Å²) in [5.74, 6) is 0. The van der Waals surface area contributed by atoms with Crippen LogP contribution in [0.3, 0.4) is 0 Å². The average molecular weight is 253 g/mol. The predicted molar refractivity (Wildman–Crippen MR) is 76.0 cm³/mol. The van der Waals surface area contributed by atoms with Crippen LogP contribution in [-0.4, -0.2) is 4.57 Å². The van der Waals surface area contributed by atoms with Crippen LogP contribution in [0.2, 0.25) is 0 Å². The number of rotatable bonds is 0. The largest absolute Gasteiger partial charge is 0.310 e. The van der Waals surface area contributed by atoms with Gasteiger partial charge >= 0.3 is 4.87 Å². The summed E-state index contributed by atoms with van der Waals surface area (Å²) in [6, 6.07) is 7.10. The molecule has 0 aliphatic heterocycles. The number of para-hydroxylation sites is 1. The quantitative estimate of drug-likeness (QED) is 0.724. The molecule has 1 heterocycles. The van der Waals surface area contributed by atoms with Crippen molar-refractivity contribution in [2.45, 2.75) is 27.7 Å². The van der Waals surface area contributed by atoms with E-state index in [2.05, 4.69) is 0 Å². The molecule has 1 aromatic carbocycles. The van der Waals surface area contributed by atoms with E-state index in [9.17, 15) is 9.59 Å². The molecular weight excluding hydrogens is 234 g/mol. The van der Waals surface area contributed by atoms with Gasteiger partial charge < -0.3 is 4.57 Å². The summed E-state index contributed by atoms with van der Waals surface area (Å²) < 4.78 is 1.32. The third kappa shape index (κ3) is 3.53. The topological polar surface area (TPSA) is 39.1 Å². The van der Waals surface area contributed by atoms with Crippen molar-refractivity contribution in [2.24, 2.45) is 7.05 Å². The maximum atomic E-state index is 11.4. The lowest BCUT2D eigenvalue weighted by Gasteiger charge is -2.00. The minimum absolute atomic E-state index is 0.168. The van der Waals surface area contributed by atoms with Crippen LogP contribution in [-0.2, 0) is 7.05 Å². The van der Waals surface area contributed by atoms with Gasteiger partial charge in [0.05, 0.1) is 10.9 Å². The van der Waals surface area contributed by atoms with Crippen LogP contribution < -0.4 is 9.62 Å². The number of benzene rings is 1. The van der Waals surface area contributed by atoms with E-state index in [1.165, 1.54) is 4.57 Å². The van der Waals surface area contributed by atoms with Gasteiger partial charge in [0.2, 0.25) is 4.74 Å². The van der Waals surface area contributed by atoms with E-state index in [4.69, 9.17) is 0 Å². The first kappa shape index (κ1) is 15.6. The average Bonchev–Trinajstić information content (AvgIpc) is 2.41. The van der Waals surface area contributed by atoms with E-state index in [0.29, 0.717) is 10.9 Å². The van der Waals surface area contributed by atoms with Crippen LogP contribution in [0, 0.1) is 0 Å². The van der Waals surface area contributed by atoms with Gasteiger partial charge in [0.1, 0.15) is 0 Å². The molecule has 0 aliphatic carbocycles. The second kappa shape index (κ2) is 7.79. The first-order valence-corrected chi connectivity index (χ1v) is 6.60. The normalized spacial score (nSPS) is 8.76. The fourth-order valence-electron chi connectivity index (χ4n) is 1.24. The van der Waals surface area contributed by atoms with Crippen molar-refractivity contribution in [2.75, 3.05) is 0 Å². The molecule has 0 aliphatic rings. The molecule has 0 unspecified atom stereocenters. The molecule has 1 aromatic heterocycles. The monoisotopic (exact) mass is 253 g/mol. The van der Waals surface area contributed by atoms with Gasteiger partial charge in [-0.2, -0.15) is 0 Å². The highest BCUT2D eigenvalue weighted by Gasteiger charge is 2.02. The van der Waals surface area contributed by atoms with Gasteiger partial charge in [-0.1, -0.05) is 39.8 Å². The van der Waals surface area contributed by atoms with E-state index < -0.39 is 0 Å². The molecule has 0 amide bonds. The maximum Gasteiger partial charge on any atom is 0.310 e. The van der Waals surface area contributed by atoms with Gasteiger partial charge in [-0.15, -0.1) is 0 Å². The SMILES string of the molecule is CC.CC.Cn1c(=O)sc(=O)c2ccccc21. The molecule has 0 fully saturated rings. The number of fused-ring (bicyclic) bond motifs is 1. The number of aromatic nitrogens is 1.